The minimum atomic E-state index is -3.72. The molecular formula is C87H151N5O42. The highest BCUT2D eigenvalue weighted by molar-refractivity contribution is 5.79. The molecule has 0 aromatic rings. The average molecular weight is 1940 g/mol. The molecular weight excluding hydrogens is 1790 g/mol. The Balaban J connectivity index is 1.33. The summed E-state index contributed by atoms with van der Waals surface area (Å²) in [7, 11) is 0. The molecule has 5 amide bonds. The first-order valence-corrected chi connectivity index (χ1v) is 46.8. The van der Waals surface area contributed by atoms with Crippen molar-refractivity contribution in [2.24, 2.45) is 0 Å². The van der Waals surface area contributed by atoms with Crippen molar-refractivity contribution >= 4 is 47.4 Å². The van der Waals surface area contributed by atoms with Crippen molar-refractivity contribution < 1.29 is 208 Å². The second-order valence-electron chi connectivity index (χ2n) is 35.7. The van der Waals surface area contributed by atoms with Crippen LogP contribution in [0.4, 0.5) is 0 Å². The van der Waals surface area contributed by atoms with Crippen LogP contribution in [0.15, 0.2) is 12.2 Å². The fraction of sp³-hybridized carbons (Fsp3) is 0.885. The monoisotopic (exact) mass is 1940 g/mol. The molecule has 0 aromatic carbocycles. The number of carbonyl (C=O) groups excluding carboxylic acids is 5. The molecule has 6 aliphatic rings. The Hall–Kier alpha value is -5.74. The lowest BCUT2D eigenvalue weighted by molar-refractivity contribution is -0.402. The van der Waals surface area contributed by atoms with E-state index in [0.717, 1.165) is 98.3 Å². The molecule has 47 heteroatoms. The van der Waals surface area contributed by atoms with E-state index in [2.05, 4.69) is 40.4 Å². The van der Waals surface area contributed by atoms with Crippen LogP contribution < -0.4 is 26.6 Å². The van der Waals surface area contributed by atoms with Crippen molar-refractivity contribution in [3.63, 3.8) is 0 Å². The number of aliphatic carboxylic acids is 3. The van der Waals surface area contributed by atoms with Gasteiger partial charge in [0.05, 0.1) is 94.8 Å². The van der Waals surface area contributed by atoms with Gasteiger partial charge in [-0.25, -0.2) is 14.4 Å². The van der Waals surface area contributed by atoms with Crippen LogP contribution >= 0.6 is 0 Å². The molecule has 0 bridgehead atoms. The lowest BCUT2D eigenvalue weighted by Crippen LogP contribution is -2.72. The molecule has 6 aliphatic heterocycles. The van der Waals surface area contributed by atoms with E-state index in [1.165, 1.54) is 83.1 Å². The maximum Gasteiger partial charge on any atom is 0.364 e. The van der Waals surface area contributed by atoms with Gasteiger partial charge < -0.3 is 196 Å². The van der Waals surface area contributed by atoms with Gasteiger partial charge >= 0.3 is 17.9 Å². The first kappa shape index (κ1) is 117. The van der Waals surface area contributed by atoms with E-state index < -0.39 is 326 Å². The van der Waals surface area contributed by atoms with Crippen LogP contribution in [0.1, 0.15) is 228 Å². The number of hydrogen-bond acceptors (Lipinski definition) is 39. The number of allylic oxidation sites excluding steroid dienone is 1. The number of rotatable bonds is 61. The molecule has 0 aliphatic carbocycles. The van der Waals surface area contributed by atoms with Crippen LogP contribution in [-0.2, 0) is 95.2 Å². The highest BCUT2D eigenvalue weighted by atomic mass is 16.8. The largest absolute Gasteiger partial charge is 0.477 e. The molecule has 0 aromatic heterocycles. The summed E-state index contributed by atoms with van der Waals surface area (Å²) in [6, 6.07) is -9.22. The van der Waals surface area contributed by atoms with Crippen LogP contribution in [0.2, 0.25) is 0 Å². The number of ether oxygens (including phenoxy) is 12. The normalized spacial score (nSPS) is 34.3. The Morgan fingerprint density at radius 3 is 1.19 bits per heavy atom. The smallest absolute Gasteiger partial charge is 0.364 e. The van der Waals surface area contributed by atoms with Gasteiger partial charge in [-0.15, -0.1) is 0 Å². The number of unbranched alkanes of at least 4 members (excludes halogenated alkanes) is 23. The molecule has 6 fully saturated rings. The minimum absolute atomic E-state index is 0.0796. The summed E-state index contributed by atoms with van der Waals surface area (Å²) in [5.41, 5.74) is 0. The van der Waals surface area contributed by atoms with Gasteiger partial charge in [0.1, 0.15) is 128 Å². The van der Waals surface area contributed by atoms with Crippen LogP contribution in [0.5, 0.6) is 0 Å². The summed E-state index contributed by atoms with van der Waals surface area (Å²) in [5.74, 6) is -22.2. The molecule has 0 spiro atoms. The Kier molecular flexibility index (Phi) is 50.5. The Morgan fingerprint density at radius 2 is 0.776 bits per heavy atom. The summed E-state index contributed by atoms with van der Waals surface area (Å²) in [6.07, 6.45) is -36.6. The van der Waals surface area contributed by atoms with Crippen molar-refractivity contribution in [3.8, 4) is 0 Å². The van der Waals surface area contributed by atoms with Crippen molar-refractivity contribution in [1.82, 2.24) is 26.6 Å². The molecule has 134 heavy (non-hydrogen) atoms. The van der Waals surface area contributed by atoms with Crippen LogP contribution in [0.25, 0.3) is 0 Å². The maximum atomic E-state index is 14.4. The van der Waals surface area contributed by atoms with E-state index in [9.17, 15) is 151 Å². The molecule has 35 atom stereocenters. The summed E-state index contributed by atoms with van der Waals surface area (Å²) in [6.45, 7) is -0.815. The van der Waals surface area contributed by atoms with Crippen molar-refractivity contribution in [1.29, 1.82) is 0 Å². The summed E-state index contributed by atoms with van der Waals surface area (Å²) in [5, 5.41) is 263. The first-order valence-electron chi connectivity index (χ1n) is 46.8. The van der Waals surface area contributed by atoms with Crippen molar-refractivity contribution in [3.05, 3.63) is 12.2 Å². The van der Waals surface area contributed by atoms with E-state index in [4.69, 9.17) is 56.8 Å². The number of carboxylic acids is 3. The second-order valence-corrected chi connectivity index (χ2v) is 35.7. The van der Waals surface area contributed by atoms with Crippen molar-refractivity contribution in [2.75, 3.05) is 46.2 Å². The number of carboxylic acid groups (broad SMARTS) is 3. The van der Waals surface area contributed by atoms with Gasteiger partial charge in [0.2, 0.25) is 29.5 Å². The molecule has 776 valence electrons. The summed E-state index contributed by atoms with van der Waals surface area (Å²) >= 11 is 0. The predicted molar refractivity (Wildman–Crippen MR) is 459 cm³/mol. The van der Waals surface area contributed by atoms with Gasteiger partial charge in [-0.05, 0) is 19.3 Å². The summed E-state index contributed by atoms with van der Waals surface area (Å²) < 4.78 is 71.7. The van der Waals surface area contributed by atoms with E-state index in [0.29, 0.717) is 12.8 Å². The number of aliphatic hydroxyl groups is 19. The summed E-state index contributed by atoms with van der Waals surface area (Å²) in [4.78, 5) is 106. The van der Waals surface area contributed by atoms with E-state index >= 15 is 0 Å². The number of carbonyl (C=O) groups is 8. The van der Waals surface area contributed by atoms with Crippen LogP contribution in [0.3, 0.4) is 0 Å². The molecule has 35 unspecified atom stereocenters. The maximum absolute atomic E-state index is 14.4. The molecule has 6 saturated heterocycles. The lowest BCUT2D eigenvalue weighted by atomic mass is 9.86. The molecule has 6 heterocycles. The molecule has 0 saturated carbocycles. The Morgan fingerprint density at radius 1 is 0.403 bits per heavy atom. The standard InChI is InChI=1S/C87H151N5O42/c1-7-9-11-13-15-17-19-21-23-25-27-29-31-33-50(103)49(92-60(108)34-32-30-28-26-24-22-20-18-16-14-12-10-8-2)44-123-80-71(115)70(114)73(58(42-97)125-80)127-81-72(116)78(74(59(43-98)126-81)128-79-64(91-48(6)102)69(113)66(110)55(39-94)124-79)134-87(84(121)122)37-53(106)63(90-47(5)101)77(133-87)68(112)57(41-96)130-86(83(119)120)36-52(105)62(89-46(4)100)76(132-86)67(111)56(40-95)129-85(82(117)118)35-51(104)61(88-45(3)99)75(131-85)65(109)54(107)38-93/h31,33,49-59,61-81,93-98,103-107,109-116H,7-30,32,34-44H2,1-6H3,(H,88,99)(H,89,100)(H,90,101)(H,91,102)(H,92,108)(H,117,118)(H,119,120)(H,121,122). The van der Waals surface area contributed by atoms with E-state index in [1.54, 1.807) is 6.08 Å². The fourth-order valence-electron chi connectivity index (χ4n) is 17.7. The Labute approximate surface area is 777 Å². The van der Waals surface area contributed by atoms with Gasteiger partial charge in [0, 0.05) is 53.4 Å². The number of nitrogens with one attached hydrogen (secondary N) is 5. The topological polar surface area (TPSA) is 753 Å². The highest BCUT2D eigenvalue weighted by Crippen LogP contribution is 2.44. The van der Waals surface area contributed by atoms with Gasteiger partial charge in [0.25, 0.3) is 17.4 Å². The molecule has 27 N–H and O–H groups in total. The third-order valence-corrected chi connectivity index (χ3v) is 25.0. The molecule has 0 radical (unpaired) electrons. The number of aliphatic hydroxyl groups excluding tert-OH is 19. The van der Waals surface area contributed by atoms with Crippen molar-refractivity contribution in [2.45, 2.75) is 441 Å². The second kappa shape index (κ2) is 57.9. The van der Waals surface area contributed by atoms with Gasteiger partial charge in [-0.1, -0.05) is 167 Å². The minimum Gasteiger partial charge on any atom is -0.477 e. The van der Waals surface area contributed by atoms with Gasteiger partial charge in [0.15, 0.2) is 18.9 Å². The number of amides is 5. The zero-order chi connectivity index (χ0) is 99.5. The lowest BCUT2D eigenvalue weighted by Gasteiger charge is -2.52. The van der Waals surface area contributed by atoms with E-state index in [-0.39, 0.29) is 6.42 Å². The third-order valence-electron chi connectivity index (χ3n) is 25.0. The zero-order valence-electron chi connectivity index (χ0n) is 77.1. The predicted octanol–water partition coefficient (Wildman–Crippen LogP) is -5.30. The molecule has 47 nitrogen and oxygen atoms in total. The zero-order valence-corrected chi connectivity index (χ0v) is 77.1. The highest BCUT2D eigenvalue weighted by Gasteiger charge is 2.65. The van der Waals surface area contributed by atoms with E-state index in [1.807, 2.05) is 0 Å². The molecule has 6 rings (SSSR count). The first-order chi connectivity index (χ1) is 63.6. The SMILES string of the molecule is CCCCCCCCCCCCCC=CC(O)C(COC1OC(CO)C(OC2OC(CO)C(OC3OC(CO)C(O)C(O)C3NC(C)=O)C(OC3(C(=O)O)CC(O)C(NC(C)=O)C(C(O)C(CO)OC4(C(=O)O)CC(O)C(NC(C)=O)C(C(O)C(CO)OC5(C(=O)O)CC(O)C(NC(C)=O)C(C(O)C(O)CO)O5)O4)O3)C2O)C(O)C1O)NC(=O)CCCCCCCCCCCCCCC. The van der Waals surface area contributed by atoms with Crippen LogP contribution in [-0.4, -0.2) is 419 Å². The van der Waals surface area contributed by atoms with Gasteiger partial charge in [-0.2, -0.15) is 0 Å². The number of hydrogen-bond donors (Lipinski definition) is 27. The average Bonchev–Trinajstić information content (AvgIpc) is 0.746. The van der Waals surface area contributed by atoms with Gasteiger partial charge in [-0.3, -0.25) is 24.0 Å². The fourth-order valence-corrected chi connectivity index (χ4v) is 17.7. The third kappa shape index (κ3) is 33.2. The van der Waals surface area contributed by atoms with Crippen LogP contribution in [0, 0.1) is 0 Å². The Bertz CT molecular complexity index is 3530. The quantitative estimate of drug-likeness (QED) is 0.0200.